The van der Waals surface area contributed by atoms with Crippen LogP contribution >= 0.6 is 0 Å². The van der Waals surface area contributed by atoms with Crippen molar-refractivity contribution in [2.75, 3.05) is 6.61 Å². The highest BCUT2D eigenvalue weighted by molar-refractivity contribution is 5.41. The average Bonchev–Trinajstić information content (AvgIpc) is 2.27. The zero-order valence-corrected chi connectivity index (χ0v) is 8.14. The van der Waals surface area contributed by atoms with Crippen molar-refractivity contribution in [3.8, 4) is 0 Å². The van der Waals surface area contributed by atoms with Crippen molar-refractivity contribution in [1.29, 1.82) is 0 Å². The Labute approximate surface area is 86.9 Å². The lowest BCUT2D eigenvalue weighted by atomic mass is 9.96. The van der Waals surface area contributed by atoms with Gasteiger partial charge in [0.25, 0.3) is 5.69 Å². The van der Waals surface area contributed by atoms with E-state index < -0.39 is 4.92 Å². The predicted molar refractivity (Wildman–Crippen MR) is 54.5 cm³/mol. The molecule has 0 saturated carbocycles. The molecule has 80 valence electrons. The number of fused-ring (bicyclic) bond motifs is 1. The summed E-state index contributed by atoms with van der Waals surface area (Å²) in [4.78, 5) is 10.2. The topological polar surface area (TPSA) is 75.4 Å². The molecule has 2 rings (SSSR count). The molecule has 0 aliphatic carbocycles. The standard InChI is InChI=1S/C10H12N2O3/c13-6-9-3-7-1-2-10(12(14)15)4-8(7)5-11-9/h1-2,4,9,11,13H,3,5-6H2/t9-/m1/s1. The van der Waals surface area contributed by atoms with Crippen molar-refractivity contribution >= 4 is 5.69 Å². The summed E-state index contributed by atoms with van der Waals surface area (Å²) in [5, 5.41) is 22.7. The van der Waals surface area contributed by atoms with Gasteiger partial charge < -0.3 is 10.4 Å². The molecule has 1 aromatic carbocycles. The third-order valence-corrected chi connectivity index (χ3v) is 2.67. The Balaban J connectivity index is 2.28. The molecule has 15 heavy (non-hydrogen) atoms. The molecule has 1 atom stereocenters. The van der Waals surface area contributed by atoms with Crippen LogP contribution in [0.5, 0.6) is 0 Å². The molecule has 5 nitrogen and oxygen atoms in total. The molecule has 0 bridgehead atoms. The van der Waals surface area contributed by atoms with E-state index in [0.29, 0.717) is 6.54 Å². The molecule has 5 heteroatoms. The fourth-order valence-corrected chi connectivity index (χ4v) is 1.81. The number of hydrogen-bond donors (Lipinski definition) is 2. The van der Waals surface area contributed by atoms with Gasteiger partial charge in [-0.05, 0) is 17.5 Å². The van der Waals surface area contributed by atoms with Gasteiger partial charge in [-0.25, -0.2) is 0 Å². The molecule has 2 N–H and O–H groups in total. The third-order valence-electron chi connectivity index (χ3n) is 2.67. The second-order valence-corrected chi connectivity index (χ2v) is 3.67. The molecule has 1 aliphatic rings. The van der Waals surface area contributed by atoms with Gasteiger partial charge >= 0.3 is 0 Å². The Hall–Kier alpha value is -1.46. The molecule has 0 spiro atoms. The summed E-state index contributed by atoms with van der Waals surface area (Å²) in [5.74, 6) is 0. The first-order valence-corrected chi connectivity index (χ1v) is 4.81. The molecule has 1 aliphatic heterocycles. The quantitative estimate of drug-likeness (QED) is 0.551. The second-order valence-electron chi connectivity index (χ2n) is 3.67. The van der Waals surface area contributed by atoms with Gasteiger partial charge in [0.2, 0.25) is 0 Å². The van der Waals surface area contributed by atoms with E-state index in [9.17, 15) is 10.1 Å². The first kappa shape index (κ1) is 10.1. The Morgan fingerprint density at radius 1 is 1.53 bits per heavy atom. The first-order valence-electron chi connectivity index (χ1n) is 4.81. The highest BCUT2D eigenvalue weighted by Gasteiger charge is 2.19. The highest BCUT2D eigenvalue weighted by Crippen LogP contribution is 2.22. The highest BCUT2D eigenvalue weighted by atomic mass is 16.6. The summed E-state index contributed by atoms with van der Waals surface area (Å²) in [6.07, 6.45) is 0.726. The number of benzene rings is 1. The summed E-state index contributed by atoms with van der Waals surface area (Å²) < 4.78 is 0. The number of aliphatic hydroxyl groups excluding tert-OH is 1. The third kappa shape index (κ3) is 1.98. The van der Waals surface area contributed by atoms with Crippen LogP contribution in [0.1, 0.15) is 11.1 Å². The number of rotatable bonds is 2. The Morgan fingerprint density at radius 2 is 2.33 bits per heavy atom. The van der Waals surface area contributed by atoms with Crippen LogP contribution in [0.2, 0.25) is 0 Å². The van der Waals surface area contributed by atoms with E-state index >= 15 is 0 Å². The lowest BCUT2D eigenvalue weighted by Crippen LogP contribution is -2.38. The fraction of sp³-hybridized carbons (Fsp3) is 0.400. The van der Waals surface area contributed by atoms with Gasteiger partial charge in [0.15, 0.2) is 0 Å². The maximum absolute atomic E-state index is 10.6. The molecule has 0 unspecified atom stereocenters. The van der Waals surface area contributed by atoms with Gasteiger partial charge in [-0.1, -0.05) is 6.07 Å². The minimum atomic E-state index is -0.390. The van der Waals surface area contributed by atoms with Gasteiger partial charge in [0.1, 0.15) is 0 Å². The number of nitro groups is 1. The summed E-state index contributed by atoms with van der Waals surface area (Å²) >= 11 is 0. The molecule has 0 amide bonds. The maximum Gasteiger partial charge on any atom is 0.269 e. The van der Waals surface area contributed by atoms with Crippen LogP contribution in [0.3, 0.4) is 0 Å². The molecular weight excluding hydrogens is 196 g/mol. The van der Waals surface area contributed by atoms with E-state index in [-0.39, 0.29) is 18.3 Å². The van der Waals surface area contributed by atoms with Crippen LogP contribution in [-0.4, -0.2) is 22.7 Å². The summed E-state index contributed by atoms with van der Waals surface area (Å²) in [6, 6.07) is 4.95. The smallest absolute Gasteiger partial charge is 0.269 e. The zero-order chi connectivity index (χ0) is 10.8. The van der Waals surface area contributed by atoms with Crippen LogP contribution in [0.25, 0.3) is 0 Å². The van der Waals surface area contributed by atoms with Crippen molar-refractivity contribution in [3.05, 3.63) is 39.4 Å². The second kappa shape index (κ2) is 3.96. The number of aliphatic hydroxyl groups is 1. The van der Waals surface area contributed by atoms with E-state index in [1.807, 2.05) is 0 Å². The Bertz CT molecular complexity index is 392. The normalized spacial score (nSPS) is 19.7. The van der Waals surface area contributed by atoms with Crippen molar-refractivity contribution in [2.24, 2.45) is 0 Å². The number of non-ortho nitro benzene ring substituents is 1. The van der Waals surface area contributed by atoms with Crippen LogP contribution in [0, 0.1) is 10.1 Å². The van der Waals surface area contributed by atoms with Gasteiger partial charge in [-0.2, -0.15) is 0 Å². The van der Waals surface area contributed by atoms with Crippen LogP contribution < -0.4 is 5.32 Å². The number of nitro benzene ring substituents is 1. The molecule has 0 saturated heterocycles. The Kier molecular flexibility index (Phi) is 2.66. The number of hydrogen-bond acceptors (Lipinski definition) is 4. The summed E-state index contributed by atoms with van der Waals surface area (Å²) in [7, 11) is 0. The van der Waals surface area contributed by atoms with Gasteiger partial charge in [0.05, 0.1) is 11.5 Å². The SMILES string of the molecule is O=[N+]([O-])c1ccc2c(c1)CN[C@@H](CO)C2. The molecule has 0 radical (unpaired) electrons. The minimum absolute atomic E-state index is 0.0685. The monoisotopic (exact) mass is 208 g/mol. The van der Waals surface area contributed by atoms with E-state index in [1.54, 1.807) is 12.1 Å². The van der Waals surface area contributed by atoms with Crippen molar-refractivity contribution in [2.45, 2.75) is 19.0 Å². The minimum Gasteiger partial charge on any atom is -0.395 e. The van der Waals surface area contributed by atoms with Crippen molar-refractivity contribution < 1.29 is 10.0 Å². The predicted octanol–water partition coefficient (Wildman–Crippen LogP) is 0.601. The van der Waals surface area contributed by atoms with Crippen LogP contribution in [0.15, 0.2) is 18.2 Å². The number of nitrogens with one attached hydrogen (secondary N) is 1. The molecule has 1 aromatic rings. The van der Waals surface area contributed by atoms with E-state index in [2.05, 4.69) is 5.32 Å². The van der Waals surface area contributed by atoms with Crippen LogP contribution in [0.4, 0.5) is 5.69 Å². The van der Waals surface area contributed by atoms with Crippen LogP contribution in [-0.2, 0) is 13.0 Å². The van der Waals surface area contributed by atoms with E-state index in [4.69, 9.17) is 5.11 Å². The fourth-order valence-electron chi connectivity index (χ4n) is 1.81. The van der Waals surface area contributed by atoms with Gasteiger partial charge in [-0.15, -0.1) is 0 Å². The summed E-state index contributed by atoms with van der Waals surface area (Å²) in [5.41, 5.74) is 2.16. The lowest BCUT2D eigenvalue weighted by Gasteiger charge is -2.24. The molecule has 0 aromatic heterocycles. The average molecular weight is 208 g/mol. The maximum atomic E-state index is 10.6. The van der Waals surface area contributed by atoms with Crippen molar-refractivity contribution in [1.82, 2.24) is 5.32 Å². The first-order chi connectivity index (χ1) is 7.20. The lowest BCUT2D eigenvalue weighted by molar-refractivity contribution is -0.384. The summed E-state index contributed by atoms with van der Waals surface area (Å²) in [6.45, 7) is 0.679. The number of nitrogens with zero attached hydrogens (tertiary/aromatic N) is 1. The Morgan fingerprint density at radius 3 is 3.00 bits per heavy atom. The molecule has 1 heterocycles. The van der Waals surface area contributed by atoms with Gasteiger partial charge in [0, 0.05) is 24.7 Å². The van der Waals surface area contributed by atoms with E-state index in [1.165, 1.54) is 6.07 Å². The zero-order valence-electron chi connectivity index (χ0n) is 8.14. The molecular formula is C10H12N2O3. The van der Waals surface area contributed by atoms with E-state index in [0.717, 1.165) is 17.5 Å². The molecule has 0 fully saturated rings. The van der Waals surface area contributed by atoms with Crippen molar-refractivity contribution in [3.63, 3.8) is 0 Å². The largest absolute Gasteiger partial charge is 0.395 e. The van der Waals surface area contributed by atoms with Gasteiger partial charge in [-0.3, -0.25) is 10.1 Å².